The molecule has 0 aliphatic carbocycles. The Balaban J connectivity index is 1.79. The molecule has 4 rings (SSSR count). The molecule has 1 aliphatic heterocycles. The summed E-state index contributed by atoms with van der Waals surface area (Å²) in [4.78, 5) is 41.8. The number of thiazole rings is 1. The topological polar surface area (TPSA) is 81.0 Å². The number of rotatable bonds is 5. The first kappa shape index (κ1) is 18.5. The minimum Gasteiger partial charge on any atom is -0.383 e. The van der Waals surface area contributed by atoms with Crippen molar-refractivity contribution < 1.29 is 19.1 Å². The van der Waals surface area contributed by atoms with Crippen LogP contribution in [0.25, 0.3) is 21.0 Å². The molecule has 3 amide bonds. The fourth-order valence-electron chi connectivity index (χ4n) is 3.36. The Morgan fingerprint density at radius 3 is 2.64 bits per heavy atom. The highest BCUT2D eigenvalue weighted by molar-refractivity contribution is 7.17. The summed E-state index contributed by atoms with van der Waals surface area (Å²) in [5.41, 5.74) is 0.973. The van der Waals surface area contributed by atoms with Crippen LogP contribution < -0.4 is 4.80 Å². The number of hydrogen-bond donors (Lipinski definition) is 0. The van der Waals surface area contributed by atoms with Crippen molar-refractivity contribution in [2.75, 3.05) is 20.3 Å². The zero-order valence-electron chi connectivity index (χ0n) is 15.4. The third kappa shape index (κ3) is 3.36. The van der Waals surface area contributed by atoms with E-state index in [9.17, 15) is 14.4 Å². The van der Waals surface area contributed by atoms with Crippen LogP contribution in [0.2, 0.25) is 0 Å². The van der Waals surface area contributed by atoms with Gasteiger partial charge >= 0.3 is 0 Å². The molecule has 0 spiro atoms. The quantitative estimate of drug-likeness (QED) is 0.618. The zero-order chi connectivity index (χ0) is 19.7. The summed E-state index contributed by atoms with van der Waals surface area (Å²) in [6.07, 6.45) is 0.323. The summed E-state index contributed by atoms with van der Waals surface area (Å²) in [7, 11) is 1.62. The van der Waals surface area contributed by atoms with Gasteiger partial charge in [-0.2, -0.15) is 4.99 Å². The Kier molecular flexibility index (Phi) is 5.06. The lowest BCUT2D eigenvalue weighted by Gasteiger charge is -2.10. The van der Waals surface area contributed by atoms with Crippen molar-refractivity contribution in [3.63, 3.8) is 0 Å². The summed E-state index contributed by atoms with van der Waals surface area (Å²) < 4.78 is 8.19. The molecule has 1 aliphatic rings. The predicted octanol–water partition coefficient (Wildman–Crippen LogP) is 2.08. The molecule has 0 N–H and O–H groups in total. The van der Waals surface area contributed by atoms with E-state index < -0.39 is 5.91 Å². The molecule has 28 heavy (non-hydrogen) atoms. The lowest BCUT2D eigenvalue weighted by Crippen LogP contribution is -2.34. The maximum absolute atomic E-state index is 12.5. The van der Waals surface area contributed by atoms with E-state index in [1.54, 1.807) is 7.11 Å². The first-order chi connectivity index (χ1) is 13.6. The third-order valence-electron chi connectivity index (χ3n) is 4.76. The molecule has 1 aromatic heterocycles. The maximum Gasteiger partial charge on any atom is 0.268 e. The van der Waals surface area contributed by atoms with Gasteiger partial charge in [-0.3, -0.25) is 19.3 Å². The van der Waals surface area contributed by atoms with Crippen LogP contribution in [0.1, 0.15) is 12.8 Å². The number of likely N-dealkylation sites (tertiary alicyclic amines) is 1. The Labute approximate surface area is 164 Å². The number of ether oxygens (including phenoxy) is 1. The SMILES string of the molecule is COCCn1c(=NC(=O)CN2C(=O)CCC2=O)sc2c3ccccc3ccc21. The number of hydrogen-bond acceptors (Lipinski definition) is 5. The van der Waals surface area contributed by atoms with Crippen LogP contribution in [0.3, 0.4) is 0 Å². The standard InChI is InChI=1S/C20H19N3O4S/c1-27-11-10-22-15-7-6-13-4-2-3-5-14(13)19(15)28-20(22)21-16(24)12-23-17(25)8-9-18(23)26/h2-7H,8-12H2,1H3. The van der Waals surface area contributed by atoms with E-state index in [-0.39, 0.29) is 31.2 Å². The zero-order valence-corrected chi connectivity index (χ0v) is 16.2. The van der Waals surface area contributed by atoms with Crippen LogP contribution in [0, 0.1) is 0 Å². The Morgan fingerprint density at radius 1 is 1.14 bits per heavy atom. The summed E-state index contributed by atoms with van der Waals surface area (Å²) in [6, 6.07) is 12.1. The number of amides is 3. The van der Waals surface area contributed by atoms with Gasteiger partial charge in [-0.15, -0.1) is 0 Å². The summed E-state index contributed by atoms with van der Waals surface area (Å²) in [5.74, 6) is -1.14. The van der Waals surface area contributed by atoms with Crippen molar-refractivity contribution in [2.45, 2.75) is 19.4 Å². The van der Waals surface area contributed by atoms with Crippen molar-refractivity contribution in [3.05, 3.63) is 41.2 Å². The number of carbonyl (C=O) groups excluding carboxylic acids is 3. The molecule has 0 atom stereocenters. The lowest BCUT2D eigenvalue weighted by atomic mass is 10.1. The second kappa shape index (κ2) is 7.65. The normalized spacial score (nSPS) is 15.3. The van der Waals surface area contributed by atoms with Crippen LogP contribution in [0.4, 0.5) is 0 Å². The number of imide groups is 1. The predicted molar refractivity (Wildman–Crippen MR) is 106 cm³/mol. The van der Waals surface area contributed by atoms with Crippen molar-refractivity contribution in [3.8, 4) is 0 Å². The number of benzene rings is 2. The van der Waals surface area contributed by atoms with E-state index in [1.807, 2.05) is 41.0 Å². The molecule has 1 fully saturated rings. The minimum atomic E-state index is -0.509. The van der Waals surface area contributed by atoms with E-state index in [2.05, 4.69) is 4.99 Å². The van der Waals surface area contributed by atoms with Crippen LogP contribution in [0.15, 0.2) is 41.4 Å². The van der Waals surface area contributed by atoms with Gasteiger partial charge in [0.05, 0.1) is 16.8 Å². The molecule has 0 bridgehead atoms. The van der Waals surface area contributed by atoms with Crippen molar-refractivity contribution in [1.82, 2.24) is 9.47 Å². The molecule has 8 heteroatoms. The molecule has 2 heterocycles. The molecule has 0 radical (unpaired) electrons. The first-order valence-electron chi connectivity index (χ1n) is 8.99. The van der Waals surface area contributed by atoms with Gasteiger partial charge in [0.2, 0.25) is 11.8 Å². The van der Waals surface area contributed by atoms with E-state index in [4.69, 9.17) is 4.74 Å². The molecular weight excluding hydrogens is 378 g/mol. The van der Waals surface area contributed by atoms with Gasteiger partial charge in [0, 0.05) is 31.9 Å². The van der Waals surface area contributed by atoms with E-state index >= 15 is 0 Å². The first-order valence-corrected chi connectivity index (χ1v) is 9.81. The summed E-state index contributed by atoms with van der Waals surface area (Å²) >= 11 is 1.42. The van der Waals surface area contributed by atoms with Crippen LogP contribution >= 0.6 is 11.3 Å². The smallest absolute Gasteiger partial charge is 0.268 e. The monoisotopic (exact) mass is 397 g/mol. The molecule has 1 saturated heterocycles. The molecule has 7 nitrogen and oxygen atoms in total. The molecule has 144 valence electrons. The molecule has 3 aromatic rings. The van der Waals surface area contributed by atoms with Crippen molar-refractivity contribution in [2.24, 2.45) is 4.99 Å². The highest BCUT2D eigenvalue weighted by atomic mass is 32.1. The number of fused-ring (bicyclic) bond motifs is 3. The van der Waals surface area contributed by atoms with Crippen LogP contribution in [0.5, 0.6) is 0 Å². The second-order valence-electron chi connectivity index (χ2n) is 6.54. The largest absolute Gasteiger partial charge is 0.383 e. The van der Waals surface area contributed by atoms with Crippen molar-refractivity contribution in [1.29, 1.82) is 0 Å². The van der Waals surface area contributed by atoms with Gasteiger partial charge < -0.3 is 9.30 Å². The molecular formula is C20H19N3O4S. The Hall–Kier alpha value is -2.84. The summed E-state index contributed by atoms with van der Waals surface area (Å²) in [5, 5.41) is 2.20. The number of aromatic nitrogens is 1. The Morgan fingerprint density at radius 2 is 1.89 bits per heavy atom. The van der Waals surface area contributed by atoms with Gasteiger partial charge in [-0.05, 0) is 11.5 Å². The van der Waals surface area contributed by atoms with Gasteiger partial charge in [0.25, 0.3) is 5.91 Å². The number of carbonyl (C=O) groups is 3. The highest BCUT2D eigenvalue weighted by Gasteiger charge is 2.30. The van der Waals surface area contributed by atoms with Gasteiger partial charge in [-0.1, -0.05) is 41.7 Å². The van der Waals surface area contributed by atoms with E-state index in [0.29, 0.717) is 18.0 Å². The van der Waals surface area contributed by atoms with E-state index in [1.165, 1.54) is 11.3 Å². The maximum atomic E-state index is 12.5. The lowest BCUT2D eigenvalue weighted by molar-refractivity contribution is -0.141. The van der Waals surface area contributed by atoms with Crippen LogP contribution in [-0.4, -0.2) is 47.4 Å². The van der Waals surface area contributed by atoms with Gasteiger partial charge in [0.1, 0.15) is 6.54 Å². The number of nitrogens with zero attached hydrogens (tertiary/aromatic N) is 3. The van der Waals surface area contributed by atoms with Gasteiger partial charge in [0.15, 0.2) is 4.80 Å². The second-order valence-corrected chi connectivity index (χ2v) is 7.52. The molecule has 0 unspecified atom stereocenters. The number of methoxy groups -OCH3 is 1. The van der Waals surface area contributed by atoms with Gasteiger partial charge in [-0.25, -0.2) is 0 Å². The minimum absolute atomic E-state index is 0.162. The third-order valence-corrected chi connectivity index (χ3v) is 5.89. The molecule has 2 aromatic carbocycles. The fraction of sp³-hybridized carbons (Fsp3) is 0.300. The average molecular weight is 397 g/mol. The highest BCUT2D eigenvalue weighted by Crippen LogP contribution is 2.27. The summed E-state index contributed by atoms with van der Waals surface area (Å²) in [6.45, 7) is 0.711. The Bertz CT molecular complexity index is 1150. The fourth-order valence-corrected chi connectivity index (χ4v) is 4.57. The van der Waals surface area contributed by atoms with Crippen LogP contribution in [-0.2, 0) is 25.7 Å². The van der Waals surface area contributed by atoms with E-state index in [0.717, 1.165) is 25.9 Å². The molecule has 0 saturated carbocycles. The van der Waals surface area contributed by atoms with Crippen molar-refractivity contribution >= 4 is 50.0 Å². The average Bonchev–Trinajstić information content (AvgIpc) is 3.20.